The van der Waals surface area contributed by atoms with Crippen LogP contribution < -0.4 is 10.6 Å². The molecule has 188 valence electrons. The normalized spacial score (nSPS) is 26.9. The van der Waals surface area contributed by atoms with E-state index in [1.54, 1.807) is 42.5 Å². The number of imide groups is 1. The average molecular weight is 536 g/mol. The van der Waals surface area contributed by atoms with Crippen molar-refractivity contribution in [3.63, 3.8) is 0 Å². The summed E-state index contributed by atoms with van der Waals surface area (Å²) in [6.07, 6.45) is -0.692. The van der Waals surface area contributed by atoms with E-state index in [0.717, 1.165) is 5.56 Å². The molecule has 0 bridgehead atoms. The Balaban J connectivity index is 1.43. The zero-order chi connectivity index (χ0) is 25.9. The number of nitrogens with one attached hydrogen (secondary N) is 2. The summed E-state index contributed by atoms with van der Waals surface area (Å²) in [5, 5.41) is 18.3. The van der Waals surface area contributed by atoms with Crippen LogP contribution in [0.5, 0.6) is 0 Å². The molecule has 3 heterocycles. The summed E-state index contributed by atoms with van der Waals surface area (Å²) in [6, 6.07) is 20.4. The van der Waals surface area contributed by atoms with Crippen molar-refractivity contribution in [1.29, 1.82) is 0 Å². The molecule has 3 N–H and O–H groups in total. The molecule has 5 unspecified atom stereocenters. The Hall–Kier alpha value is -3.23. The number of likely N-dealkylation sites (tertiary alicyclic amines) is 1. The molecule has 3 aromatic carbocycles. The van der Waals surface area contributed by atoms with Gasteiger partial charge in [-0.05, 0) is 35.7 Å². The standard InChI is InChI=1S/C28H23Cl2N3O4/c29-17-11-9-16(10-12-17)24(34)23-20-21(26(36)33(25(20)35)14-13-15-5-2-1-3-6-15)28(32-23)18-7-4-8-19(30)22(18)31-27(28)37/h1-12,20-21,23-24,32,34H,13-14H2,(H,31,37). The number of para-hydroxylation sites is 1. The number of aliphatic hydroxyl groups excluding tert-OH is 1. The first kappa shape index (κ1) is 24.1. The summed E-state index contributed by atoms with van der Waals surface area (Å²) >= 11 is 12.4. The van der Waals surface area contributed by atoms with Gasteiger partial charge in [0.25, 0.3) is 0 Å². The Morgan fingerprint density at radius 2 is 1.65 bits per heavy atom. The number of nitrogens with zero attached hydrogens (tertiary/aromatic N) is 1. The van der Waals surface area contributed by atoms with E-state index in [4.69, 9.17) is 23.2 Å². The maximum atomic E-state index is 13.9. The second-order valence-corrected chi connectivity index (χ2v) is 10.5. The summed E-state index contributed by atoms with van der Waals surface area (Å²) in [5.74, 6) is -3.31. The van der Waals surface area contributed by atoms with Crippen LogP contribution >= 0.6 is 23.2 Å². The van der Waals surface area contributed by atoms with Crippen molar-refractivity contribution in [2.75, 3.05) is 11.9 Å². The van der Waals surface area contributed by atoms with Gasteiger partial charge in [0.05, 0.1) is 34.7 Å². The molecule has 3 aromatic rings. The fourth-order valence-electron chi connectivity index (χ4n) is 6.03. The van der Waals surface area contributed by atoms with Crippen LogP contribution in [0.15, 0.2) is 72.8 Å². The number of benzene rings is 3. The average Bonchev–Trinajstić information content (AvgIpc) is 3.49. The lowest BCUT2D eigenvalue weighted by atomic mass is 9.76. The van der Waals surface area contributed by atoms with Crippen LogP contribution in [0.3, 0.4) is 0 Å². The number of carbonyl (C=O) groups is 3. The summed E-state index contributed by atoms with van der Waals surface area (Å²) in [4.78, 5) is 42.6. The third-order valence-electron chi connectivity index (χ3n) is 7.74. The highest BCUT2D eigenvalue weighted by Gasteiger charge is 2.71. The van der Waals surface area contributed by atoms with Crippen molar-refractivity contribution in [3.05, 3.63) is 99.5 Å². The van der Waals surface area contributed by atoms with Gasteiger partial charge in [-0.25, -0.2) is 0 Å². The van der Waals surface area contributed by atoms with Crippen LogP contribution in [0.2, 0.25) is 10.0 Å². The molecule has 0 aliphatic carbocycles. The quantitative estimate of drug-likeness (QED) is 0.433. The molecular formula is C28H23Cl2N3O4. The lowest BCUT2D eigenvalue weighted by Gasteiger charge is -2.30. The van der Waals surface area contributed by atoms with Gasteiger partial charge >= 0.3 is 0 Å². The van der Waals surface area contributed by atoms with Crippen molar-refractivity contribution in [2.24, 2.45) is 11.8 Å². The maximum absolute atomic E-state index is 13.9. The van der Waals surface area contributed by atoms with Gasteiger partial charge in [-0.1, -0.05) is 77.8 Å². The largest absolute Gasteiger partial charge is 0.387 e. The van der Waals surface area contributed by atoms with Crippen LogP contribution in [0, 0.1) is 11.8 Å². The molecule has 7 nitrogen and oxygen atoms in total. The van der Waals surface area contributed by atoms with E-state index >= 15 is 0 Å². The molecule has 0 aromatic heterocycles. The summed E-state index contributed by atoms with van der Waals surface area (Å²) in [5.41, 5.74) is 0.866. The van der Waals surface area contributed by atoms with Gasteiger partial charge in [0.15, 0.2) is 0 Å². The van der Waals surface area contributed by atoms with E-state index in [0.29, 0.717) is 33.3 Å². The van der Waals surface area contributed by atoms with E-state index < -0.39 is 47.2 Å². The molecule has 5 atom stereocenters. The van der Waals surface area contributed by atoms with Crippen molar-refractivity contribution in [3.8, 4) is 0 Å². The zero-order valence-corrected chi connectivity index (χ0v) is 21.0. The summed E-state index contributed by atoms with van der Waals surface area (Å²) in [7, 11) is 0. The number of hydrogen-bond acceptors (Lipinski definition) is 5. The number of halogens is 2. The topological polar surface area (TPSA) is 98.7 Å². The monoisotopic (exact) mass is 535 g/mol. The molecule has 37 heavy (non-hydrogen) atoms. The van der Waals surface area contributed by atoms with Gasteiger partial charge in [-0.3, -0.25) is 24.6 Å². The first-order chi connectivity index (χ1) is 17.8. The van der Waals surface area contributed by atoms with Gasteiger partial charge in [0, 0.05) is 17.1 Å². The minimum absolute atomic E-state index is 0.179. The number of aliphatic hydroxyl groups is 1. The molecule has 9 heteroatoms. The van der Waals surface area contributed by atoms with E-state index in [-0.39, 0.29) is 6.54 Å². The van der Waals surface area contributed by atoms with Crippen LogP contribution in [0.25, 0.3) is 0 Å². The fourth-order valence-corrected chi connectivity index (χ4v) is 6.37. The van der Waals surface area contributed by atoms with E-state index in [1.807, 2.05) is 30.3 Å². The minimum Gasteiger partial charge on any atom is -0.387 e. The van der Waals surface area contributed by atoms with Crippen LogP contribution in [0.4, 0.5) is 5.69 Å². The van der Waals surface area contributed by atoms with E-state index in [1.165, 1.54) is 4.90 Å². The number of rotatable bonds is 5. The molecule has 3 aliphatic rings. The van der Waals surface area contributed by atoms with Crippen molar-refractivity contribution in [1.82, 2.24) is 10.2 Å². The Morgan fingerprint density at radius 1 is 0.919 bits per heavy atom. The van der Waals surface area contributed by atoms with Crippen LogP contribution in [0.1, 0.15) is 22.8 Å². The van der Waals surface area contributed by atoms with Crippen LogP contribution in [-0.2, 0) is 26.3 Å². The van der Waals surface area contributed by atoms with Gasteiger partial charge in [0.2, 0.25) is 17.7 Å². The summed E-state index contributed by atoms with van der Waals surface area (Å²) in [6.45, 7) is 0.179. The lowest BCUT2D eigenvalue weighted by Crippen LogP contribution is -2.54. The smallest absolute Gasteiger partial charge is 0.250 e. The van der Waals surface area contributed by atoms with E-state index in [9.17, 15) is 19.5 Å². The van der Waals surface area contributed by atoms with Crippen molar-refractivity contribution in [2.45, 2.75) is 24.1 Å². The van der Waals surface area contributed by atoms with E-state index in [2.05, 4.69) is 10.6 Å². The molecule has 1 spiro atoms. The maximum Gasteiger partial charge on any atom is 0.250 e. The number of hydrogen-bond donors (Lipinski definition) is 3. The molecule has 3 aliphatic heterocycles. The third-order valence-corrected chi connectivity index (χ3v) is 8.31. The molecule has 2 fully saturated rings. The van der Waals surface area contributed by atoms with Crippen molar-refractivity contribution < 1.29 is 19.5 Å². The summed E-state index contributed by atoms with van der Waals surface area (Å²) < 4.78 is 0. The molecular weight excluding hydrogens is 513 g/mol. The predicted octanol–water partition coefficient (Wildman–Crippen LogP) is 3.69. The Morgan fingerprint density at radius 3 is 2.38 bits per heavy atom. The van der Waals surface area contributed by atoms with Gasteiger partial charge < -0.3 is 10.4 Å². The number of amides is 3. The first-order valence-corrected chi connectivity index (χ1v) is 12.8. The molecule has 6 rings (SSSR count). The Kier molecular flexibility index (Phi) is 5.84. The Labute approximate surface area is 223 Å². The highest BCUT2D eigenvalue weighted by Crippen LogP contribution is 2.55. The second-order valence-electron chi connectivity index (χ2n) is 9.66. The van der Waals surface area contributed by atoms with Crippen LogP contribution in [-0.4, -0.2) is 40.3 Å². The van der Waals surface area contributed by atoms with Gasteiger partial charge in [0.1, 0.15) is 5.54 Å². The minimum atomic E-state index is -1.54. The molecule has 0 radical (unpaired) electrons. The SMILES string of the molecule is O=C1C2C(C(O)c3ccc(Cl)cc3)NC3(C(=O)Nc4c(Cl)cccc43)C2C(=O)N1CCc1ccccc1. The van der Waals surface area contributed by atoms with Gasteiger partial charge in [-0.15, -0.1) is 0 Å². The number of fused-ring (bicyclic) bond motifs is 4. The Bertz CT molecular complexity index is 1410. The highest BCUT2D eigenvalue weighted by atomic mass is 35.5. The number of carbonyl (C=O) groups excluding carboxylic acids is 3. The fraction of sp³-hybridized carbons (Fsp3) is 0.250. The predicted molar refractivity (Wildman–Crippen MR) is 139 cm³/mol. The molecule has 2 saturated heterocycles. The third kappa shape index (κ3) is 3.61. The van der Waals surface area contributed by atoms with Crippen molar-refractivity contribution >= 4 is 46.6 Å². The second kappa shape index (κ2) is 8.96. The lowest BCUT2D eigenvalue weighted by molar-refractivity contribution is -0.143. The first-order valence-electron chi connectivity index (χ1n) is 12.0. The number of anilines is 1. The van der Waals surface area contributed by atoms with Gasteiger partial charge in [-0.2, -0.15) is 0 Å². The zero-order valence-electron chi connectivity index (χ0n) is 19.5. The molecule has 0 saturated carbocycles. The highest BCUT2D eigenvalue weighted by molar-refractivity contribution is 6.35. The molecule has 3 amide bonds.